The van der Waals surface area contributed by atoms with Gasteiger partial charge in [0.05, 0.1) is 19.8 Å². The van der Waals surface area contributed by atoms with Gasteiger partial charge in [0.2, 0.25) is 0 Å². The summed E-state index contributed by atoms with van der Waals surface area (Å²) in [5.74, 6) is 0.539. The first-order valence-electron chi connectivity index (χ1n) is 6.97. The average molecular weight is 278 g/mol. The fourth-order valence-corrected chi connectivity index (χ4v) is 2.03. The van der Waals surface area contributed by atoms with E-state index in [9.17, 15) is 9.59 Å². The van der Waals surface area contributed by atoms with Crippen molar-refractivity contribution in [3.63, 3.8) is 0 Å². The molecular formula is C16H22O4. The van der Waals surface area contributed by atoms with Crippen LogP contribution in [0.1, 0.15) is 31.7 Å². The number of benzene rings is 1. The molecule has 4 heteroatoms. The van der Waals surface area contributed by atoms with Gasteiger partial charge in [0.25, 0.3) is 6.47 Å². The van der Waals surface area contributed by atoms with E-state index in [4.69, 9.17) is 4.74 Å². The summed E-state index contributed by atoms with van der Waals surface area (Å²) in [5.41, 5.74) is 1.17. The van der Waals surface area contributed by atoms with Crippen LogP contribution in [-0.2, 0) is 25.7 Å². The topological polar surface area (TPSA) is 52.6 Å². The Kier molecular flexibility index (Phi) is 8.31. The van der Waals surface area contributed by atoms with Crippen molar-refractivity contribution in [3.05, 3.63) is 35.9 Å². The molecule has 1 saturated carbocycles. The Bertz CT molecular complexity index is 389. The number of hydrogen-bond donors (Lipinski definition) is 0. The third kappa shape index (κ3) is 6.48. The molecule has 0 spiro atoms. The summed E-state index contributed by atoms with van der Waals surface area (Å²) >= 11 is 0. The van der Waals surface area contributed by atoms with Crippen LogP contribution in [-0.4, -0.2) is 25.5 Å². The fraction of sp³-hybridized carbons (Fsp3) is 0.500. The van der Waals surface area contributed by atoms with E-state index in [1.165, 1.54) is 5.56 Å². The number of Topliss-reactive ketones (excluding diaryl/α,β-unsaturated/α-hetero) is 1. The predicted molar refractivity (Wildman–Crippen MR) is 76.1 cm³/mol. The number of rotatable bonds is 6. The average Bonchev–Trinajstić information content (AvgIpc) is 2.87. The molecule has 4 nitrogen and oxygen atoms in total. The van der Waals surface area contributed by atoms with E-state index in [-0.39, 0.29) is 5.92 Å². The van der Waals surface area contributed by atoms with Crippen LogP contribution in [0, 0.1) is 5.92 Å². The number of ketones is 1. The minimum atomic E-state index is 0.161. The lowest BCUT2D eigenvalue weighted by molar-refractivity contribution is -0.128. The molecule has 2 rings (SSSR count). The molecule has 1 aromatic rings. The molecule has 0 N–H and O–H groups in total. The maximum atomic E-state index is 11.3. The molecule has 1 atom stereocenters. The zero-order chi connectivity index (χ0) is 14.6. The Morgan fingerprint density at radius 1 is 1.30 bits per heavy atom. The molecular weight excluding hydrogens is 256 g/mol. The first kappa shape index (κ1) is 16.4. The first-order chi connectivity index (χ1) is 9.77. The molecule has 0 radical (unpaired) electrons. The minimum absolute atomic E-state index is 0.161. The molecule has 1 unspecified atom stereocenters. The van der Waals surface area contributed by atoms with E-state index in [0.717, 1.165) is 19.3 Å². The van der Waals surface area contributed by atoms with Crippen molar-refractivity contribution in [3.8, 4) is 0 Å². The molecule has 0 heterocycles. The third-order valence-corrected chi connectivity index (χ3v) is 3.10. The standard InChI is InChI=1S/C13H16O2.C3H6O2/c14-13-8-4-7-12(13)10-15-9-11-5-2-1-3-6-11;1-2-5-3-4/h1-3,5-6,12H,4,7-10H2;3H,2H2,1H3. The highest BCUT2D eigenvalue weighted by Crippen LogP contribution is 2.21. The maximum Gasteiger partial charge on any atom is 0.293 e. The highest BCUT2D eigenvalue weighted by molar-refractivity contribution is 5.82. The molecule has 20 heavy (non-hydrogen) atoms. The maximum absolute atomic E-state index is 11.3. The summed E-state index contributed by atoms with van der Waals surface area (Å²) in [6, 6.07) is 10.1. The number of carbonyl (C=O) groups is 2. The summed E-state index contributed by atoms with van der Waals surface area (Å²) in [4.78, 5) is 20.5. The minimum Gasteiger partial charge on any atom is -0.468 e. The summed E-state index contributed by atoms with van der Waals surface area (Å²) in [6.07, 6.45) is 2.80. The van der Waals surface area contributed by atoms with Crippen molar-refractivity contribution in [2.24, 2.45) is 5.92 Å². The summed E-state index contributed by atoms with van der Waals surface area (Å²) < 4.78 is 9.71. The molecule has 0 saturated heterocycles. The quantitative estimate of drug-likeness (QED) is 0.751. The van der Waals surface area contributed by atoms with Crippen molar-refractivity contribution in [1.82, 2.24) is 0 Å². The smallest absolute Gasteiger partial charge is 0.293 e. The molecule has 0 aromatic heterocycles. The number of ether oxygens (including phenoxy) is 2. The van der Waals surface area contributed by atoms with Crippen LogP contribution < -0.4 is 0 Å². The van der Waals surface area contributed by atoms with Crippen LogP contribution in [0.4, 0.5) is 0 Å². The predicted octanol–water partition coefficient (Wildman–Crippen LogP) is 2.75. The van der Waals surface area contributed by atoms with Crippen molar-refractivity contribution in [1.29, 1.82) is 0 Å². The van der Waals surface area contributed by atoms with Gasteiger partial charge in [-0.2, -0.15) is 0 Å². The number of hydrogen-bond acceptors (Lipinski definition) is 4. The molecule has 1 aliphatic rings. The number of carbonyl (C=O) groups excluding carboxylic acids is 2. The zero-order valence-corrected chi connectivity index (χ0v) is 11.9. The lowest BCUT2D eigenvalue weighted by Gasteiger charge is -2.08. The zero-order valence-electron chi connectivity index (χ0n) is 11.9. The Morgan fingerprint density at radius 2 is 2.05 bits per heavy atom. The van der Waals surface area contributed by atoms with Crippen LogP contribution in [0.5, 0.6) is 0 Å². The van der Waals surface area contributed by atoms with E-state index in [0.29, 0.717) is 32.1 Å². The highest BCUT2D eigenvalue weighted by atomic mass is 16.5. The third-order valence-electron chi connectivity index (χ3n) is 3.10. The largest absolute Gasteiger partial charge is 0.468 e. The summed E-state index contributed by atoms with van der Waals surface area (Å²) in [7, 11) is 0. The van der Waals surface area contributed by atoms with Gasteiger partial charge in [-0.05, 0) is 25.3 Å². The van der Waals surface area contributed by atoms with Gasteiger partial charge in [-0.3, -0.25) is 9.59 Å². The van der Waals surface area contributed by atoms with E-state index < -0.39 is 0 Å². The van der Waals surface area contributed by atoms with Crippen LogP contribution in [0.2, 0.25) is 0 Å². The summed E-state index contributed by atoms with van der Waals surface area (Å²) in [5, 5.41) is 0. The van der Waals surface area contributed by atoms with Gasteiger partial charge < -0.3 is 9.47 Å². The molecule has 1 aliphatic carbocycles. The fourth-order valence-electron chi connectivity index (χ4n) is 2.03. The molecule has 0 aliphatic heterocycles. The van der Waals surface area contributed by atoms with Crippen LogP contribution >= 0.6 is 0 Å². The van der Waals surface area contributed by atoms with Gasteiger partial charge in [-0.1, -0.05) is 30.3 Å². The van der Waals surface area contributed by atoms with E-state index in [1.54, 1.807) is 6.92 Å². The highest BCUT2D eigenvalue weighted by Gasteiger charge is 2.24. The van der Waals surface area contributed by atoms with Gasteiger partial charge in [-0.25, -0.2) is 0 Å². The SMILES string of the molecule is CCOC=O.O=C1CCCC1COCc1ccccc1. The van der Waals surface area contributed by atoms with Crippen LogP contribution in [0.3, 0.4) is 0 Å². The van der Waals surface area contributed by atoms with Crippen LogP contribution in [0.25, 0.3) is 0 Å². The lowest BCUT2D eigenvalue weighted by Crippen LogP contribution is -2.13. The Hall–Kier alpha value is -1.68. The van der Waals surface area contributed by atoms with E-state index in [1.807, 2.05) is 30.3 Å². The van der Waals surface area contributed by atoms with Gasteiger partial charge in [0, 0.05) is 12.3 Å². The molecule has 110 valence electrons. The molecule has 0 bridgehead atoms. The molecule has 1 fully saturated rings. The van der Waals surface area contributed by atoms with E-state index in [2.05, 4.69) is 4.74 Å². The van der Waals surface area contributed by atoms with Crippen molar-refractivity contribution in [2.45, 2.75) is 32.8 Å². The van der Waals surface area contributed by atoms with Crippen molar-refractivity contribution < 1.29 is 19.1 Å². The van der Waals surface area contributed by atoms with Gasteiger partial charge in [0.1, 0.15) is 5.78 Å². The monoisotopic (exact) mass is 278 g/mol. The Balaban J connectivity index is 0.000000347. The first-order valence-corrected chi connectivity index (χ1v) is 6.97. The normalized spacial score (nSPS) is 17.2. The van der Waals surface area contributed by atoms with Crippen molar-refractivity contribution in [2.75, 3.05) is 13.2 Å². The van der Waals surface area contributed by atoms with Crippen LogP contribution in [0.15, 0.2) is 30.3 Å². The lowest BCUT2D eigenvalue weighted by atomic mass is 10.1. The van der Waals surface area contributed by atoms with Gasteiger partial charge in [0.15, 0.2) is 0 Å². The Labute approximate surface area is 120 Å². The Morgan fingerprint density at radius 3 is 2.55 bits per heavy atom. The molecule has 0 amide bonds. The second-order valence-corrected chi connectivity index (χ2v) is 4.61. The second kappa shape index (κ2) is 10.1. The van der Waals surface area contributed by atoms with Gasteiger partial charge in [-0.15, -0.1) is 0 Å². The van der Waals surface area contributed by atoms with Crippen molar-refractivity contribution >= 4 is 12.3 Å². The summed E-state index contributed by atoms with van der Waals surface area (Å²) in [6.45, 7) is 3.87. The molecule has 1 aromatic carbocycles. The van der Waals surface area contributed by atoms with E-state index >= 15 is 0 Å². The second-order valence-electron chi connectivity index (χ2n) is 4.61. The van der Waals surface area contributed by atoms with Gasteiger partial charge >= 0.3 is 0 Å².